The van der Waals surface area contributed by atoms with E-state index in [2.05, 4.69) is 15.3 Å². The van der Waals surface area contributed by atoms with Gasteiger partial charge in [0.05, 0.1) is 0 Å². The minimum atomic E-state index is -4.58. The zero-order valence-corrected chi connectivity index (χ0v) is 10.9. The first kappa shape index (κ1) is 14.9. The van der Waals surface area contributed by atoms with Gasteiger partial charge in [-0.1, -0.05) is 6.92 Å². The second-order valence-corrected chi connectivity index (χ2v) is 5.04. The van der Waals surface area contributed by atoms with Crippen molar-refractivity contribution in [2.75, 3.05) is 23.9 Å². The summed E-state index contributed by atoms with van der Waals surface area (Å²) >= 11 is 1.69. The number of nitrogens with one attached hydrogen (secondary N) is 1. The zero-order chi connectivity index (χ0) is 13.8. The summed E-state index contributed by atoms with van der Waals surface area (Å²) in [6, 6.07) is 1.29. The van der Waals surface area contributed by atoms with E-state index in [1.165, 1.54) is 6.07 Å². The predicted octanol–water partition coefficient (Wildman–Crippen LogP) is 2.63. The minimum Gasteiger partial charge on any atom is -0.384 e. The first-order valence-electron chi connectivity index (χ1n) is 5.31. The van der Waals surface area contributed by atoms with Gasteiger partial charge in [0.2, 0.25) is 5.82 Å². The van der Waals surface area contributed by atoms with Gasteiger partial charge in [0, 0.05) is 17.9 Å². The van der Waals surface area contributed by atoms with Crippen molar-refractivity contribution in [1.29, 1.82) is 0 Å². The normalized spacial score (nSPS) is 13.4. The van der Waals surface area contributed by atoms with Crippen molar-refractivity contribution in [3.8, 4) is 0 Å². The highest BCUT2D eigenvalue weighted by atomic mass is 32.2. The molecule has 0 spiro atoms. The molecule has 1 heterocycles. The maximum absolute atomic E-state index is 12.4. The van der Waals surface area contributed by atoms with Crippen LogP contribution in [0.5, 0.6) is 0 Å². The van der Waals surface area contributed by atoms with Crippen LogP contribution in [0, 0.1) is 0 Å². The summed E-state index contributed by atoms with van der Waals surface area (Å²) in [7, 11) is 0. The fourth-order valence-electron chi connectivity index (χ4n) is 1.20. The quantitative estimate of drug-likeness (QED) is 0.868. The average molecular weight is 280 g/mol. The molecule has 0 bridgehead atoms. The number of nitrogens with two attached hydrogens (primary N) is 1. The minimum absolute atomic E-state index is 0.100. The maximum atomic E-state index is 12.4. The van der Waals surface area contributed by atoms with Crippen molar-refractivity contribution >= 4 is 23.4 Å². The molecule has 0 amide bonds. The lowest BCUT2D eigenvalue weighted by Gasteiger charge is -2.11. The fraction of sp³-hybridized carbons (Fsp3) is 0.600. The molecule has 102 valence electrons. The van der Waals surface area contributed by atoms with Crippen LogP contribution in [0.1, 0.15) is 19.2 Å². The third kappa shape index (κ3) is 4.59. The highest BCUT2D eigenvalue weighted by molar-refractivity contribution is 7.99. The Labute approximate surface area is 108 Å². The van der Waals surface area contributed by atoms with Crippen molar-refractivity contribution < 1.29 is 13.2 Å². The van der Waals surface area contributed by atoms with E-state index in [4.69, 9.17) is 5.73 Å². The summed E-state index contributed by atoms with van der Waals surface area (Å²) in [6.07, 6.45) is -1.78. The number of hydrogen-bond donors (Lipinski definition) is 2. The van der Waals surface area contributed by atoms with E-state index in [-0.39, 0.29) is 11.6 Å². The van der Waals surface area contributed by atoms with Crippen LogP contribution in [0.3, 0.4) is 0 Å². The molecule has 0 aliphatic carbocycles. The van der Waals surface area contributed by atoms with E-state index in [0.717, 1.165) is 6.42 Å². The van der Waals surface area contributed by atoms with Crippen LogP contribution < -0.4 is 11.1 Å². The van der Waals surface area contributed by atoms with Crippen molar-refractivity contribution in [3.63, 3.8) is 0 Å². The maximum Gasteiger partial charge on any atom is 0.451 e. The molecule has 1 unspecified atom stereocenters. The summed E-state index contributed by atoms with van der Waals surface area (Å²) in [5, 5.41) is 3.25. The van der Waals surface area contributed by atoms with E-state index in [9.17, 15) is 13.2 Å². The second kappa shape index (κ2) is 6.12. The Kier molecular flexibility index (Phi) is 5.06. The van der Waals surface area contributed by atoms with Crippen LogP contribution >= 0.6 is 11.8 Å². The van der Waals surface area contributed by atoms with Crippen LogP contribution in [0.15, 0.2) is 6.07 Å². The molecule has 0 radical (unpaired) electrons. The van der Waals surface area contributed by atoms with Crippen LogP contribution in [-0.4, -0.2) is 28.0 Å². The molecular formula is C10H15F3N4S. The molecule has 1 aromatic rings. The number of nitrogen functional groups attached to an aromatic ring is 1. The lowest BCUT2D eigenvalue weighted by molar-refractivity contribution is -0.144. The van der Waals surface area contributed by atoms with E-state index < -0.39 is 12.0 Å². The first-order chi connectivity index (χ1) is 8.32. The molecule has 0 aliphatic rings. The summed E-state index contributed by atoms with van der Waals surface area (Å²) in [5.74, 6) is -1.32. The summed E-state index contributed by atoms with van der Waals surface area (Å²) in [5.41, 5.74) is 5.32. The topological polar surface area (TPSA) is 63.8 Å². The number of anilines is 2. The van der Waals surface area contributed by atoms with Gasteiger partial charge in [-0.3, -0.25) is 0 Å². The Balaban J connectivity index is 2.69. The van der Waals surface area contributed by atoms with Gasteiger partial charge in [-0.05, 0) is 12.7 Å². The Hall–Kier alpha value is -1.18. The Morgan fingerprint density at radius 2 is 2.11 bits per heavy atom. The molecule has 8 heteroatoms. The molecule has 0 aromatic carbocycles. The smallest absolute Gasteiger partial charge is 0.384 e. The Morgan fingerprint density at radius 3 is 2.67 bits per heavy atom. The monoisotopic (exact) mass is 280 g/mol. The van der Waals surface area contributed by atoms with Gasteiger partial charge >= 0.3 is 6.18 Å². The van der Waals surface area contributed by atoms with Gasteiger partial charge in [0.25, 0.3) is 0 Å². The molecule has 3 N–H and O–H groups in total. The number of thioether (sulfide) groups is 1. The number of halogens is 3. The van der Waals surface area contributed by atoms with Gasteiger partial charge in [-0.2, -0.15) is 24.9 Å². The van der Waals surface area contributed by atoms with E-state index in [1.54, 1.807) is 11.8 Å². The molecule has 1 atom stereocenters. The van der Waals surface area contributed by atoms with Gasteiger partial charge in [0.1, 0.15) is 11.6 Å². The fourth-order valence-corrected chi connectivity index (χ4v) is 1.56. The predicted molar refractivity (Wildman–Crippen MR) is 67.5 cm³/mol. The lowest BCUT2D eigenvalue weighted by Crippen LogP contribution is -2.15. The van der Waals surface area contributed by atoms with Crippen molar-refractivity contribution in [1.82, 2.24) is 9.97 Å². The summed E-state index contributed by atoms with van der Waals surface area (Å²) in [6.45, 7) is 2.58. The summed E-state index contributed by atoms with van der Waals surface area (Å²) < 4.78 is 37.3. The first-order valence-corrected chi connectivity index (χ1v) is 6.60. The third-order valence-electron chi connectivity index (χ3n) is 2.26. The van der Waals surface area contributed by atoms with Crippen LogP contribution in [0.2, 0.25) is 0 Å². The number of aromatic nitrogens is 2. The molecule has 4 nitrogen and oxygen atoms in total. The van der Waals surface area contributed by atoms with Gasteiger partial charge in [0.15, 0.2) is 0 Å². The van der Waals surface area contributed by atoms with Crippen molar-refractivity contribution in [3.05, 3.63) is 11.9 Å². The molecule has 0 fully saturated rings. The largest absolute Gasteiger partial charge is 0.451 e. The second-order valence-electron chi connectivity index (χ2n) is 3.76. The average Bonchev–Trinajstić information content (AvgIpc) is 2.27. The Morgan fingerprint density at radius 1 is 1.44 bits per heavy atom. The SMILES string of the molecule is CSC(C)CCNc1cc(N)nc(C(F)(F)F)n1. The highest BCUT2D eigenvalue weighted by Crippen LogP contribution is 2.27. The highest BCUT2D eigenvalue weighted by Gasteiger charge is 2.35. The molecule has 0 saturated carbocycles. The molecule has 0 saturated heterocycles. The number of rotatable bonds is 5. The summed E-state index contributed by atoms with van der Waals surface area (Å²) in [4.78, 5) is 6.56. The standard InChI is InChI=1S/C10H15F3N4S/c1-6(18-2)3-4-15-8-5-7(14)16-9(17-8)10(11,12)13/h5-6H,3-4H2,1-2H3,(H3,14,15,16,17). The van der Waals surface area contributed by atoms with Gasteiger partial charge < -0.3 is 11.1 Å². The number of nitrogens with zero attached hydrogens (tertiary/aromatic N) is 2. The van der Waals surface area contributed by atoms with Gasteiger partial charge in [-0.25, -0.2) is 9.97 Å². The molecule has 0 aliphatic heterocycles. The van der Waals surface area contributed by atoms with Crippen LogP contribution in [-0.2, 0) is 6.18 Å². The number of hydrogen-bond acceptors (Lipinski definition) is 5. The van der Waals surface area contributed by atoms with Crippen LogP contribution in [0.25, 0.3) is 0 Å². The zero-order valence-electron chi connectivity index (χ0n) is 10.1. The van der Waals surface area contributed by atoms with Crippen molar-refractivity contribution in [2.24, 2.45) is 0 Å². The van der Waals surface area contributed by atoms with E-state index in [0.29, 0.717) is 11.8 Å². The lowest BCUT2D eigenvalue weighted by atomic mass is 10.3. The molecule has 1 aromatic heterocycles. The van der Waals surface area contributed by atoms with E-state index >= 15 is 0 Å². The molecular weight excluding hydrogens is 265 g/mol. The number of alkyl halides is 3. The van der Waals surface area contributed by atoms with Gasteiger partial charge in [-0.15, -0.1) is 0 Å². The van der Waals surface area contributed by atoms with Crippen LogP contribution in [0.4, 0.5) is 24.8 Å². The molecule has 18 heavy (non-hydrogen) atoms. The van der Waals surface area contributed by atoms with Crippen molar-refractivity contribution in [2.45, 2.75) is 24.8 Å². The van der Waals surface area contributed by atoms with E-state index in [1.807, 2.05) is 13.2 Å². The third-order valence-corrected chi connectivity index (χ3v) is 3.30. The molecule has 1 rings (SSSR count). The Bertz CT molecular complexity index is 397.